The maximum atomic E-state index is 5.40. The number of ether oxygens (including phenoxy) is 1. The SMILES string of the molecule is COCC12CCCN1CC(N(C)C)C2. The van der Waals surface area contributed by atoms with Crippen molar-refractivity contribution in [3.8, 4) is 0 Å². The molecule has 2 atom stereocenters. The van der Waals surface area contributed by atoms with Gasteiger partial charge in [0.15, 0.2) is 0 Å². The van der Waals surface area contributed by atoms with Crippen molar-refractivity contribution in [2.24, 2.45) is 0 Å². The Hall–Kier alpha value is -0.120. The van der Waals surface area contributed by atoms with Crippen molar-refractivity contribution in [1.29, 1.82) is 0 Å². The highest BCUT2D eigenvalue weighted by molar-refractivity contribution is 5.05. The van der Waals surface area contributed by atoms with E-state index in [4.69, 9.17) is 4.74 Å². The quantitative estimate of drug-likeness (QED) is 0.667. The monoisotopic (exact) mass is 198 g/mol. The van der Waals surface area contributed by atoms with Gasteiger partial charge in [-0.25, -0.2) is 0 Å². The fourth-order valence-electron chi connectivity index (χ4n) is 3.10. The molecule has 2 rings (SSSR count). The maximum Gasteiger partial charge on any atom is 0.0647 e. The summed E-state index contributed by atoms with van der Waals surface area (Å²) < 4.78 is 5.40. The second-order valence-electron chi connectivity index (χ2n) is 5.03. The van der Waals surface area contributed by atoms with Gasteiger partial charge in [0.25, 0.3) is 0 Å². The van der Waals surface area contributed by atoms with Crippen molar-refractivity contribution in [3.63, 3.8) is 0 Å². The molecule has 2 aliphatic heterocycles. The van der Waals surface area contributed by atoms with Gasteiger partial charge in [-0.2, -0.15) is 0 Å². The highest BCUT2D eigenvalue weighted by Gasteiger charge is 2.48. The average Bonchev–Trinajstić information content (AvgIpc) is 2.60. The Kier molecular flexibility index (Phi) is 2.82. The van der Waals surface area contributed by atoms with Gasteiger partial charge in [0.05, 0.1) is 6.61 Å². The third kappa shape index (κ3) is 1.58. The Bertz CT molecular complexity index is 207. The minimum Gasteiger partial charge on any atom is -0.383 e. The fourth-order valence-corrected chi connectivity index (χ4v) is 3.10. The van der Waals surface area contributed by atoms with Crippen LogP contribution in [0.5, 0.6) is 0 Å². The van der Waals surface area contributed by atoms with Gasteiger partial charge in [-0.3, -0.25) is 4.90 Å². The van der Waals surface area contributed by atoms with Crippen LogP contribution in [-0.2, 0) is 4.74 Å². The zero-order valence-corrected chi connectivity index (χ0v) is 9.62. The third-order valence-corrected chi connectivity index (χ3v) is 3.93. The number of rotatable bonds is 3. The molecule has 0 bridgehead atoms. The lowest BCUT2D eigenvalue weighted by molar-refractivity contribution is 0.0652. The van der Waals surface area contributed by atoms with Gasteiger partial charge in [-0.05, 0) is 39.9 Å². The Labute approximate surface area is 87.0 Å². The molecule has 2 unspecified atom stereocenters. The predicted octanol–water partition coefficient (Wildman–Crippen LogP) is 0.801. The van der Waals surface area contributed by atoms with E-state index in [1.807, 2.05) is 7.11 Å². The molecule has 2 fully saturated rings. The summed E-state index contributed by atoms with van der Waals surface area (Å²) in [6, 6.07) is 0.727. The number of likely N-dealkylation sites (N-methyl/N-ethyl adjacent to an activating group) is 1. The van der Waals surface area contributed by atoms with Crippen LogP contribution in [0.15, 0.2) is 0 Å². The van der Waals surface area contributed by atoms with E-state index in [9.17, 15) is 0 Å². The van der Waals surface area contributed by atoms with Crippen molar-refractivity contribution in [1.82, 2.24) is 9.80 Å². The first-order valence-corrected chi connectivity index (χ1v) is 5.58. The van der Waals surface area contributed by atoms with E-state index < -0.39 is 0 Å². The summed E-state index contributed by atoms with van der Waals surface area (Å²) in [5.74, 6) is 0. The highest BCUT2D eigenvalue weighted by atomic mass is 16.5. The standard InChI is InChI=1S/C11H22N2O/c1-12(2)10-7-11(9-14-3)5-4-6-13(11)8-10/h10H,4-9H2,1-3H3. The molecule has 0 aromatic heterocycles. The minimum absolute atomic E-state index is 0.379. The first kappa shape index (κ1) is 10.4. The summed E-state index contributed by atoms with van der Waals surface area (Å²) in [6.07, 6.45) is 3.96. The number of hydrogen-bond acceptors (Lipinski definition) is 3. The van der Waals surface area contributed by atoms with Crippen LogP contribution in [0.3, 0.4) is 0 Å². The molecule has 14 heavy (non-hydrogen) atoms. The van der Waals surface area contributed by atoms with E-state index in [1.165, 1.54) is 32.4 Å². The Morgan fingerprint density at radius 1 is 1.50 bits per heavy atom. The number of fused-ring (bicyclic) bond motifs is 1. The van der Waals surface area contributed by atoms with Crippen molar-refractivity contribution >= 4 is 0 Å². The minimum atomic E-state index is 0.379. The molecule has 0 N–H and O–H groups in total. The fraction of sp³-hybridized carbons (Fsp3) is 1.00. The van der Waals surface area contributed by atoms with Crippen molar-refractivity contribution < 1.29 is 4.74 Å². The Morgan fingerprint density at radius 3 is 2.93 bits per heavy atom. The van der Waals surface area contributed by atoms with Crippen LogP contribution in [-0.4, -0.2) is 62.3 Å². The van der Waals surface area contributed by atoms with Crippen molar-refractivity contribution in [3.05, 3.63) is 0 Å². The summed E-state index contributed by atoms with van der Waals surface area (Å²) in [5, 5.41) is 0. The molecular weight excluding hydrogens is 176 g/mol. The van der Waals surface area contributed by atoms with Gasteiger partial charge in [-0.15, -0.1) is 0 Å². The molecule has 3 heteroatoms. The van der Waals surface area contributed by atoms with Crippen LogP contribution >= 0.6 is 0 Å². The lowest BCUT2D eigenvalue weighted by Crippen LogP contribution is -2.42. The molecule has 2 heterocycles. The number of methoxy groups -OCH3 is 1. The summed E-state index contributed by atoms with van der Waals surface area (Å²) in [4.78, 5) is 5.00. The Balaban J connectivity index is 2.06. The second kappa shape index (κ2) is 3.80. The molecule has 0 aliphatic carbocycles. The topological polar surface area (TPSA) is 15.7 Å². The molecule has 2 saturated heterocycles. The lowest BCUT2D eigenvalue weighted by atomic mass is 9.93. The first-order chi connectivity index (χ1) is 6.68. The van der Waals surface area contributed by atoms with Gasteiger partial charge in [0.1, 0.15) is 0 Å². The summed E-state index contributed by atoms with van der Waals surface area (Å²) in [7, 11) is 6.20. The van der Waals surface area contributed by atoms with Gasteiger partial charge < -0.3 is 9.64 Å². The second-order valence-corrected chi connectivity index (χ2v) is 5.03. The third-order valence-electron chi connectivity index (χ3n) is 3.93. The van der Waals surface area contributed by atoms with Gasteiger partial charge in [0, 0.05) is 25.2 Å². The molecule has 0 saturated carbocycles. The van der Waals surface area contributed by atoms with E-state index in [-0.39, 0.29) is 0 Å². The Morgan fingerprint density at radius 2 is 2.29 bits per heavy atom. The van der Waals surface area contributed by atoms with Crippen LogP contribution < -0.4 is 0 Å². The van der Waals surface area contributed by atoms with Crippen LogP contribution in [0.2, 0.25) is 0 Å². The van der Waals surface area contributed by atoms with Gasteiger partial charge >= 0.3 is 0 Å². The summed E-state index contributed by atoms with van der Waals surface area (Å²) >= 11 is 0. The van der Waals surface area contributed by atoms with E-state index in [1.54, 1.807) is 0 Å². The largest absolute Gasteiger partial charge is 0.383 e. The smallest absolute Gasteiger partial charge is 0.0647 e. The zero-order valence-electron chi connectivity index (χ0n) is 9.62. The molecule has 0 aromatic rings. The first-order valence-electron chi connectivity index (χ1n) is 5.58. The molecular formula is C11H22N2O. The highest BCUT2D eigenvalue weighted by Crippen LogP contribution is 2.40. The van der Waals surface area contributed by atoms with E-state index in [0.29, 0.717) is 5.54 Å². The van der Waals surface area contributed by atoms with Gasteiger partial charge in [0.2, 0.25) is 0 Å². The van der Waals surface area contributed by atoms with Crippen LogP contribution in [0.1, 0.15) is 19.3 Å². The lowest BCUT2D eigenvalue weighted by Gasteiger charge is -2.30. The van der Waals surface area contributed by atoms with Crippen LogP contribution in [0.25, 0.3) is 0 Å². The molecule has 0 radical (unpaired) electrons. The number of nitrogens with zero attached hydrogens (tertiary/aromatic N) is 2. The predicted molar refractivity (Wildman–Crippen MR) is 57.5 cm³/mol. The van der Waals surface area contributed by atoms with Crippen molar-refractivity contribution in [2.45, 2.75) is 30.8 Å². The van der Waals surface area contributed by atoms with E-state index in [2.05, 4.69) is 23.9 Å². The summed E-state index contributed by atoms with van der Waals surface area (Å²) in [5.41, 5.74) is 0.379. The molecule has 0 spiro atoms. The number of hydrogen-bond donors (Lipinski definition) is 0. The summed E-state index contributed by atoms with van der Waals surface area (Å²) in [6.45, 7) is 3.42. The zero-order chi connectivity index (χ0) is 10.2. The van der Waals surface area contributed by atoms with Crippen LogP contribution in [0, 0.1) is 0 Å². The normalized spacial score (nSPS) is 38.1. The van der Waals surface area contributed by atoms with E-state index in [0.717, 1.165) is 12.6 Å². The van der Waals surface area contributed by atoms with Crippen molar-refractivity contribution in [2.75, 3.05) is 40.9 Å². The molecule has 0 aromatic carbocycles. The molecule has 2 aliphatic rings. The maximum absolute atomic E-state index is 5.40. The van der Waals surface area contributed by atoms with Crippen LogP contribution in [0.4, 0.5) is 0 Å². The molecule has 0 amide bonds. The van der Waals surface area contributed by atoms with E-state index >= 15 is 0 Å². The molecule has 82 valence electrons. The van der Waals surface area contributed by atoms with Gasteiger partial charge in [-0.1, -0.05) is 0 Å². The average molecular weight is 198 g/mol. The molecule has 3 nitrogen and oxygen atoms in total.